The van der Waals surface area contributed by atoms with Crippen LogP contribution in [0.25, 0.3) is 0 Å². The van der Waals surface area contributed by atoms with Gasteiger partial charge in [-0.3, -0.25) is 4.79 Å². The van der Waals surface area contributed by atoms with Gasteiger partial charge < -0.3 is 14.8 Å². The summed E-state index contributed by atoms with van der Waals surface area (Å²) in [5.41, 5.74) is 0.317. The summed E-state index contributed by atoms with van der Waals surface area (Å²) in [7, 11) is -3.67. The quantitative estimate of drug-likeness (QED) is 0.873. The highest BCUT2D eigenvalue weighted by Gasteiger charge is 2.29. The largest absolute Gasteiger partial charge is 0.494 e. The molecular formula is C15H17ClN2O5S. The summed E-state index contributed by atoms with van der Waals surface area (Å²) in [6.45, 7) is 1.63. The fourth-order valence-electron chi connectivity index (χ4n) is 2.53. The summed E-state index contributed by atoms with van der Waals surface area (Å²) in [5, 5.41) is 2.71. The van der Waals surface area contributed by atoms with Crippen LogP contribution < -0.4 is 5.32 Å². The first kappa shape index (κ1) is 17.1. The molecular weight excluding hydrogens is 356 g/mol. The van der Waals surface area contributed by atoms with E-state index >= 15 is 0 Å². The van der Waals surface area contributed by atoms with E-state index in [2.05, 4.69) is 5.32 Å². The lowest BCUT2D eigenvalue weighted by Crippen LogP contribution is -2.28. The molecule has 0 radical (unpaired) electrons. The van der Waals surface area contributed by atoms with Gasteiger partial charge in [0.1, 0.15) is 24.4 Å². The van der Waals surface area contributed by atoms with Crippen molar-refractivity contribution in [2.75, 3.05) is 31.6 Å². The highest BCUT2D eigenvalue weighted by Crippen LogP contribution is 2.29. The van der Waals surface area contributed by atoms with Crippen molar-refractivity contribution >= 4 is 33.2 Å². The summed E-state index contributed by atoms with van der Waals surface area (Å²) < 4.78 is 37.0. The van der Waals surface area contributed by atoms with E-state index in [1.54, 1.807) is 0 Å². The normalized spacial score (nSPS) is 18.5. The van der Waals surface area contributed by atoms with Gasteiger partial charge in [0, 0.05) is 18.8 Å². The number of rotatable bonds is 4. The Hall–Kier alpha value is -1.77. The van der Waals surface area contributed by atoms with E-state index in [4.69, 9.17) is 21.1 Å². The minimum Gasteiger partial charge on any atom is -0.494 e. The summed E-state index contributed by atoms with van der Waals surface area (Å²) >= 11 is 6.07. The molecule has 1 amide bonds. The number of ether oxygens (including phenoxy) is 2. The van der Waals surface area contributed by atoms with Crippen LogP contribution in [0, 0.1) is 0 Å². The number of amides is 1. The monoisotopic (exact) mass is 372 g/mol. The molecule has 0 saturated carbocycles. The second kappa shape index (κ2) is 7.00. The topological polar surface area (TPSA) is 84.9 Å². The van der Waals surface area contributed by atoms with Crippen molar-refractivity contribution in [2.45, 2.75) is 17.7 Å². The van der Waals surface area contributed by atoms with Gasteiger partial charge in [-0.1, -0.05) is 11.6 Å². The second-order valence-corrected chi connectivity index (χ2v) is 7.73. The SMILES string of the molecule is O=C(Nc1ccc(Cl)c(S(=O)(=O)N2CCCC2)c1)C1=COCCO1. The molecule has 3 rings (SSSR count). The van der Waals surface area contributed by atoms with E-state index < -0.39 is 15.9 Å². The maximum atomic E-state index is 12.7. The number of halogens is 1. The third-order valence-electron chi connectivity index (χ3n) is 3.74. The van der Waals surface area contributed by atoms with Crippen molar-refractivity contribution in [2.24, 2.45) is 0 Å². The van der Waals surface area contributed by atoms with E-state index in [1.165, 1.54) is 28.8 Å². The van der Waals surface area contributed by atoms with E-state index in [0.29, 0.717) is 25.4 Å². The zero-order chi connectivity index (χ0) is 17.2. The molecule has 2 aliphatic rings. The van der Waals surface area contributed by atoms with Crippen LogP contribution >= 0.6 is 11.6 Å². The number of anilines is 1. The fraction of sp³-hybridized carbons (Fsp3) is 0.400. The number of carbonyl (C=O) groups excluding carboxylic acids is 1. The minimum atomic E-state index is -3.67. The lowest BCUT2D eigenvalue weighted by Gasteiger charge is -2.18. The van der Waals surface area contributed by atoms with Crippen LogP contribution in [-0.2, 0) is 24.3 Å². The van der Waals surface area contributed by atoms with E-state index in [0.717, 1.165) is 12.8 Å². The average molecular weight is 373 g/mol. The first-order chi connectivity index (χ1) is 11.5. The third-order valence-corrected chi connectivity index (χ3v) is 6.13. The van der Waals surface area contributed by atoms with Crippen LogP contribution in [-0.4, -0.2) is 44.9 Å². The number of hydrogen-bond acceptors (Lipinski definition) is 5. The second-order valence-electron chi connectivity index (χ2n) is 5.41. The van der Waals surface area contributed by atoms with Crippen molar-refractivity contribution in [1.29, 1.82) is 0 Å². The Morgan fingerprint density at radius 2 is 1.96 bits per heavy atom. The Balaban J connectivity index is 1.83. The van der Waals surface area contributed by atoms with Crippen LogP contribution in [0.1, 0.15) is 12.8 Å². The molecule has 1 fully saturated rings. The molecule has 2 heterocycles. The Morgan fingerprint density at radius 1 is 1.21 bits per heavy atom. The summed E-state index contributed by atoms with van der Waals surface area (Å²) in [4.78, 5) is 12.1. The molecule has 1 aromatic rings. The lowest BCUT2D eigenvalue weighted by molar-refractivity contribution is -0.117. The van der Waals surface area contributed by atoms with Crippen LogP contribution in [0.2, 0.25) is 5.02 Å². The molecule has 2 aliphatic heterocycles. The highest BCUT2D eigenvalue weighted by molar-refractivity contribution is 7.89. The van der Waals surface area contributed by atoms with E-state index in [9.17, 15) is 13.2 Å². The molecule has 7 nitrogen and oxygen atoms in total. The van der Waals surface area contributed by atoms with Crippen LogP contribution in [0.4, 0.5) is 5.69 Å². The molecule has 0 atom stereocenters. The first-order valence-electron chi connectivity index (χ1n) is 7.54. The molecule has 0 bridgehead atoms. The number of hydrogen-bond donors (Lipinski definition) is 1. The van der Waals surface area contributed by atoms with E-state index in [-0.39, 0.29) is 22.3 Å². The van der Waals surface area contributed by atoms with Crippen molar-refractivity contribution in [1.82, 2.24) is 4.31 Å². The zero-order valence-electron chi connectivity index (χ0n) is 12.8. The summed E-state index contributed by atoms with van der Waals surface area (Å²) in [6.07, 6.45) is 2.90. The number of benzene rings is 1. The molecule has 0 unspecified atom stereocenters. The number of nitrogens with one attached hydrogen (secondary N) is 1. The lowest BCUT2D eigenvalue weighted by atomic mass is 10.3. The molecule has 1 aromatic carbocycles. The van der Waals surface area contributed by atoms with Crippen molar-refractivity contribution in [3.05, 3.63) is 35.2 Å². The van der Waals surface area contributed by atoms with Crippen LogP contribution in [0.15, 0.2) is 35.1 Å². The Labute approximate surface area is 145 Å². The fourth-order valence-corrected chi connectivity index (χ4v) is 4.54. The van der Waals surface area contributed by atoms with Crippen LogP contribution in [0.5, 0.6) is 0 Å². The maximum absolute atomic E-state index is 12.7. The van der Waals surface area contributed by atoms with E-state index in [1.807, 2.05) is 0 Å². The van der Waals surface area contributed by atoms with Crippen LogP contribution in [0.3, 0.4) is 0 Å². The average Bonchev–Trinajstić information content (AvgIpc) is 3.12. The molecule has 9 heteroatoms. The number of sulfonamides is 1. The van der Waals surface area contributed by atoms with Gasteiger partial charge in [-0.05, 0) is 31.0 Å². The predicted molar refractivity (Wildman–Crippen MR) is 88.1 cm³/mol. The zero-order valence-corrected chi connectivity index (χ0v) is 14.4. The molecule has 1 saturated heterocycles. The Morgan fingerprint density at radius 3 is 2.62 bits per heavy atom. The van der Waals surface area contributed by atoms with Gasteiger partial charge in [-0.25, -0.2) is 8.42 Å². The van der Waals surface area contributed by atoms with Gasteiger partial charge in [-0.2, -0.15) is 4.31 Å². The summed E-state index contributed by atoms with van der Waals surface area (Å²) in [5.74, 6) is -0.471. The maximum Gasteiger partial charge on any atom is 0.294 e. The van der Waals surface area contributed by atoms with Crippen molar-refractivity contribution in [3.8, 4) is 0 Å². The minimum absolute atomic E-state index is 0.0151. The van der Waals surface area contributed by atoms with Gasteiger partial charge in [0.15, 0.2) is 0 Å². The number of carbonyl (C=O) groups is 1. The molecule has 24 heavy (non-hydrogen) atoms. The summed E-state index contributed by atoms with van der Waals surface area (Å²) in [6, 6.07) is 4.35. The molecule has 1 N–H and O–H groups in total. The first-order valence-corrected chi connectivity index (χ1v) is 9.36. The van der Waals surface area contributed by atoms with Gasteiger partial charge in [0.05, 0.1) is 5.02 Å². The molecule has 130 valence electrons. The van der Waals surface area contributed by atoms with Gasteiger partial charge in [0.2, 0.25) is 15.8 Å². The highest BCUT2D eigenvalue weighted by atomic mass is 35.5. The Bertz CT molecular complexity index is 772. The van der Waals surface area contributed by atoms with Gasteiger partial charge >= 0.3 is 0 Å². The smallest absolute Gasteiger partial charge is 0.294 e. The van der Waals surface area contributed by atoms with Gasteiger partial charge in [0.25, 0.3) is 5.91 Å². The van der Waals surface area contributed by atoms with Gasteiger partial charge in [-0.15, -0.1) is 0 Å². The molecule has 0 aromatic heterocycles. The Kier molecular flexibility index (Phi) is 4.98. The standard InChI is InChI=1S/C15H17ClN2O5S/c16-12-4-3-11(17-15(19)13-10-22-7-8-23-13)9-14(12)24(20,21)18-5-1-2-6-18/h3-4,9-10H,1-2,5-8H2,(H,17,19). The molecule has 0 aliphatic carbocycles. The van der Waals surface area contributed by atoms with Crippen molar-refractivity contribution in [3.63, 3.8) is 0 Å². The predicted octanol–water partition coefficient (Wildman–Crippen LogP) is 1.95. The van der Waals surface area contributed by atoms with Crippen molar-refractivity contribution < 1.29 is 22.7 Å². The third kappa shape index (κ3) is 3.50. The number of nitrogens with zero attached hydrogens (tertiary/aromatic N) is 1. The molecule has 0 spiro atoms.